The van der Waals surface area contributed by atoms with E-state index in [0.717, 1.165) is 12.5 Å². The fourth-order valence-corrected chi connectivity index (χ4v) is 3.49. The lowest BCUT2D eigenvalue weighted by Gasteiger charge is -2.29. The second kappa shape index (κ2) is 6.53. The molecule has 2 aliphatic rings. The summed E-state index contributed by atoms with van der Waals surface area (Å²) in [5.74, 6) is 1.92. The molecule has 0 atom stereocenters. The first kappa shape index (κ1) is 13.1. The van der Waals surface area contributed by atoms with E-state index >= 15 is 0 Å². The fraction of sp³-hybridized carbons (Fsp3) is 0.933. The Morgan fingerprint density at radius 2 is 1.71 bits per heavy atom. The molecule has 2 nitrogen and oxygen atoms in total. The number of ketones is 1. The summed E-state index contributed by atoms with van der Waals surface area (Å²) in [4.78, 5) is 13.8. The molecule has 1 heterocycles. The molecule has 17 heavy (non-hydrogen) atoms. The van der Waals surface area contributed by atoms with Crippen molar-refractivity contribution in [1.29, 1.82) is 0 Å². The number of likely N-dealkylation sites (tertiary alicyclic amines) is 1. The minimum Gasteiger partial charge on any atom is -0.329 e. The first-order chi connectivity index (χ1) is 8.29. The van der Waals surface area contributed by atoms with Gasteiger partial charge < -0.3 is 4.90 Å². The molecule has 0 aromatic heterocycles. The number of hydrogen-bond acceptors (Lipinski definition) is 1. The Kier molecular flexibility index (Phi) is 5.02. The SMILES string of the molecule is CCC1CC[NH+](CC(=O)C2CCCCC2)CC1. The van der Waals surface area contributed by atoms with Crippen LogP contribution in [-0.4, -0.2) is 25.4 Å². The van der Waals surface area contributed by atoms with Gasteiger partial charge in [-0.05, 0) is 31.6 Å². The third-order valence-electron chi connectivity index (χ3n) is 4.87. The van der Waals surface area contributed by atoms with Crippen LogP contribution in [0.4, 0.5) is 0 Å². The monoisotopic (exact) mass is 238 g/mol. The molecule has 0 bridgehead atoms. The summed E-state index contributed by atoms with van der Waals surface area (Å²) in [6.07, 6.45) is 10.2. The Hall–Kier alpha value is -0.370. The van der Waals surface area contributed by atoms with Gasteiger partial charge in [-0.2, -0.15) is 0 Å². The molecule has 2 heteroatoms. The van der Waals surface area contributed by atoms with Gasteiger partial charge in [0.2, 0.25) is 0 Å². The van der Waals surface area contributed by atoms with Crippen molar-refractivity contribution in [3.8, 4) is 0 Å². The first-order valence-electron chi connectivity index (χ1n) is 7.66. The number of hydrogen-bond donors (Lipinski definition) is 1. The van der Waals surface area contributed by atoms with Crippen molar-refractivity contribution in [3.63, 3.8) is 0 Å². The lowest BCUT2D eigenvalue weighted by Crippen LogP contribution is -3.14. The predicted molar refractivity (Wildman–Crippen MR) is 70.2 cm³/mol. The standard InChI is InChI=1S/C15H27NO/c1-2-13-8-10-16(11-9-13)12-15(17)14-6-4-3-5-7-14/h13-14H,2-12H2,1H3/p+1. The summed E-state index contributed by atoms with van der Waals surface area (Å²) in [5, 5.41) is 0. The Morgan fingerprint density at radius 1 is 1.06 bits per heavy atom. The van der Waals surface area contributed by atoms with Crippen molar-refractivity contribution >= 4 is 5.78 Å². The van der Waals surface area contributed by atoms with E-state index in [4.69, 9.17) is 0 Å². The lowest BCUT2D eigenvalue weighted by atomic mass is 9.85. The zero-order valence-electron chi connectivity index (χ0n) is 11.3. The number of Topliss-reactive ketones (excluding diaryl/α,β-unsaturated/α-hetero) is 1. The number of rotatable bonds is 4. The van der Waals surface area contributed by atoms with Crippen molar-refractivity contribution in [2.75, 3.05) is 19.6 Å². The molecule has 0 spiro atoms. The van der Waals surface area contributed by atoms with E-state index in [-0.39, 0.29) is 0 Å². The van der Waals surface area contributed by atoms with Gasteiger partial charge in [-0.15, -0.1) is 0 Å². The van der Waals surface area contributed by atoms with E-state index in [9.17, 15) is 4.79 Å². The Morgan fingerprint density at radius 3 is 2.29 bits per heavy atom. The third-order valence-corrected chi connectivity index (χ3v) is 4.87. The molecule has 1 N–H and O–H groups in total. The zero-order valence-corrected chi connectivity index (χ0v) is 11.3. The number of carbonyl (C=O) groups excluding carboxylic acids is 1. The number of carbonyl (C=O) groups is 1. The molecule has 1 saturated carbocycles. The van der Waals surface area contributed by atoms with Crippen LogP contribution in [0, 0.1) is 11.8 Å². The van der Waals surface area contributed by atoms with Crippen molar-refractivity contribution in [2.24, 2.45) is 11.8 Å². The second-order valence-electron chi connectivity index (χ2n) is 6.08. The maximum atomic E-state index is 12.2. The van der Waals surface area contributed by atoms with Crippen molar-refractivity contribution in [1.82, 2.24) is 0 Å². The largest absolute Gasteiger partial charge is 0.329 e. The Balaban J connectivity index is 1.71. The van der Waals surface area contributed by atoms with Gasteiger partial charge in [-0.1, -0.05) is 32.6 Å². The summed E-state index contributed by atoms with van der Waals surface area (Å²) in [7, 11) is 0. The van der Waals surface area contributed by atoms with E-state index in [0.29, 0.717) is 11.7 Å². The lowest BCUT2D eigenvalue weighted by molar-refractivity contribution is -0.898. The van der Waals surface area contributed by atoms with Crippen LogP contribution < -0.4 is 4.90 Å². The van der Waals surface area contributed by atoms with Crippen LogP contribution in [0.2, 0.25) is 0 Å². The highest BCUT2D eigenvalue weighted by Crippen LogP contribution is 2.23. The molecular formula is C15H28NO+. The average molecular weight is 238 g/mol. The molecule has 0 unspecified atom stereocenters. The van der Waals surface area contributed by atoms with Crippen LogP contribution in [-0.2, 0) is 4.79 Å². The van der Waals surface area contributed by atoms with Gasteiger partial charge in [0.1, 0.15) is 6.54 Å². The van der Waals surface area contributed by atoms with Crippen molar-refractivity contribution in [3.05, 3.63) is 0 Å². The highest BCUT2D eigenvalue weighted by atomic mass is 16.1. The quantitative estimate of drug-likeness (QED) is 0.793. The van der Waals surface area contributed by atoms with Crippen LogP contribution in [0.3, 0.4) is 0 Å². The fourth-order valence-electron chi connectivity index (χ4n) is 3.49. The summed E-state index contributed by atoms with van der Waals surface area (Å²) in [5.41, 5.74) is 0. The summed E-state index contributed by atoms with van der Waals surface area (Å²) in [6.45, 7) is 5.58. The number of piperidine rings is 1. The van der Waals surface area contributed by atoms with Gasteiger partial charge in [0, 0.05) is 5.92 Å². The molecule has 1 saturated heterocycles. The highest BCUT2D eigenvalue weighted by molar-refractivity contribution is 5.81. The van der Waals surface area contributed by atoms with Crippen LogP contribution in [0.1, 0.15) is 58.3 Å². The molecule has 0 radical (unpaired) electrons. The number of quaternary nitrogens is 1. The minimum absolute atomic E-state index is 0.417. The van der Waals surface area contributed by atoms with Gasteiger partial charge in [0.15, 0.2) is 5.78 Å². The second-order valence-corrected chi connectivity index (χ2v) is 6.08. The number of nitrogens with one attached hydrogen (secondary N) is 1. The van der Waals surface area contributed by atoms with Crippen LogP contribution in [0.15, 0.2) is 0 Å². The molecular weight excluding hydrogens is 210 g/mol. The van der Waals surface area contributed by atoms with Gasteiger partial charge in [-0.3, -0.25) is 4.79 Å². The maximum Gasteiger partial charge on any atom is 0.189 e. The Labute approximate surface area is 106 Å². The average Bonchev–Trinajstić information content (AvgIpc) is 2.40. The van der Waals surface area contributed by atoms with Gasteiger partial charge in [0.05, 0.1) is 13.1 Å². The maximum absolute atomic E-state index is 12.2. The summed E-state index contributed by atoms with van der Waals surface area (Å²) in [6, 6.07) is 0. The van der Waals surface area contributed by atoms with Gasteiger partial charge in [-0.25, -0.2) is 0 Å². The summed E-state index contributed by atoms with van der Waals surface area (Å²) >= 11 is 0. The Bertz CT molecular complexity index is 237. The third kappa shape index (κ3) is 3.80. The van der Waals surface area contributed by atoms with E-state index < -0.39 is 0 Å². The predicted octanol–water partition coefficient (Wildman–Crippen LogP) is 1.84. The topological polar surface area (TPSA) is 21.5 Å². The normalized spacial score (nSPS) is 31.4. The van der Waals surface area contributed by atoms with Crippen molar-refractivity contribution < 1.29 is 9.69 Å². The molecule has 0 aromatic carbocycles. The summed E-state index contributed by atoms with van der Waals surface area (Å²) < 4.78 is 0. The van der Waals surface area contributed by atoms with E-state index in [1.807, 2.05) is 0 Å². The molecule has 0 aromatic rings. The molecule has 0 amide bonds. The highest BCUT2D eigenvalue weighted by Gasteiger charge is 2.27. The van der Waals surface area contributed by atoms with Crippen LogP contribution in [0.25, 0.3) is 0 Å². The van der Waals surface area contributed by atoms with E-state index in [1.165, 1.54) is 64.5 Å². The van der Waals surface area contributed by atoms with E-state index in [1.54, 1.807) is 4.90 Å². The molecule has 1 aliphatic heterocycles. The van der Waals surface area contributed by atoms with Crippen LogP contribution in [0.5, 0.6) is 0 Å². The zero-order chi connectivity index (χ0) is 12.1. The minimum atomic E-state index is 0.417. The van der Waals surface area contributed by atoms with Crippen molar-refractivity contribution in [2.45, 2.75) is 58.3 Å². The smallest absolute Gasteiger partial charge is 0.189 e. The molecule has 98 valence electrons. The van der Waals surface area contributed by atoms with Gasteiger partial charge >= 0.3 is 0 Å². The van der Waals surface area contributed by atoms with E-state index in [2.05, 4.69) is 6.92 Å². The first-order valence-corrected chi connectivity index (χ1v) is 7.66. The molecule has 2 rings (SSSR count). The van der Waals surface area contributed by atoms with Gasteiger partial charge in [0.25, 0.3) is 0 Å². The molecule has 2 fully saturated rings. The molecule has 1 aliphatic carbocycles. The van der Waals surface area contributed by atoms with Crippen LogP contribution >= 0.6 is 0 Å².